The van der Waals surface area contributed by atoms with Crippen molar-refractivity contribution in [2.75, 3.05) is 13.2 Å². The van der Waals surface area contributed by atoms with Crippen LogP contribution in [-0.4, -0.2) is 24.9 Å². The molecule has 0 aromatic heterocycles. The van der Waals surface area contributed by atoms with E-state index < -0.39 is 17.2 Å². The van der Waals surface area contributed by atoms with Crippen molar-refractivity contribution in [3.63, 3.8) is 0 Å². The molecule has 1 aromatic carbocycles. The van der Waals surface area contributed by atoms with E-state index in [2.05, 4.69) is 25.9 Å². The lowest BCUT2D eigenvalue weighted by molar-refractivity contribution is -0.187. The van der Waals surface area contributed by atoms with Crippen LogP contribution in [0.1, 0.15) is 96.6 Å². The number of fused-ring (bicyclic) bond motifs is 3. The number of ether oxygens (including phenoxy) is 1. The van der Waals surface area contributed by atoms with Gasteiger partial charge < -0.3 is 9.57 Å². The maximum absolute atomic E-state index is 13.1. The van der Waals surface area contributed by atoms with E-state index in [1.54, 1.807) is 18.2 Å². The van der Waals surface area contributed by atoms with Crippen molar-refractivity contribution in [2.24, 2.45) is 38.7 Å². The standard InChI is InChI=1S/C32H42F3NO3/c1-5-38-27(37)30(4)15-8-14-29(3)24(30)13-17-31-20-26(28(2,21-31)16-12-25(29)31)36-39-18-7-10-22-9-6-11-23(19-22)32(33,34)35/h6-7,9-11,19,24-25H,5,8,12-18,20-21H2,1-4H3/b10-7+,36-26+/t24-,25-,28-,29+,30+,31-/m0/s1. The van der Waals surface area contributed by atoms with Crippen LogP contribution < -0.4 is 0 Å². The average Bonchev–Trinajstić information content (AvgIpc) is 3.07. The molecule has 4 nitrogen and oxygen atoms in total. The number of carbonyl (C=O) groups is 1. The first kappa shape index (κ1) is 28.2. The van der Waals surface area contributed by atoms with Gasteiger partial charge in [-0.3, -0.25) is 4.79 Å². The number of hydrogen-bond donors (Lipinski definition) is 0. The topological polar surface area (TPSA) is 47.9 Å². The van der Waals surface area contributed by atoms with Crippen LogP contribution in [0.25, 0.3) is 6.08 Å². The van der Waals surface area contributed by atoms with Gasteiger partial charge in [0.05, 0.1) is 23.3 Å². The molecular weight excluding hydrogens is 503 g/mol. The van der Waals surface area contributed by atoms with Crippen molar-refractivity contribution >= 4 is 17.8 Å². The Morgan fingerprint density at radius 1 is 1.10 bits per heavy atom. The van der Waals surface area contributed by atoms with Crippen LogP contribution in [0.3, 0.4) is 0 Å². The number of nitrogens with zero attached hydrogens (tertiary/aromatic N) is 1. The Balaban J connectivity index is 1.29. The van der Waals surface area contributed by atoms with Gasteiger partial charge in [-0.1, -0.05) is 43.6 Å². The number of halogens is 3. The molecule has 0 radical (unpaired) electrons. The number of oxime groups is 1. The van der Waals surface area contributed by atoms with Crippen LogP contribution in [0.15, 0.2) is 35.5 Å². The van der Waals surface area contributed by atoms with Gasteiger partial charge in [0.15, 0.2) is 0 Å². The molecule has 5 rings (SSSR count). The van der Waals surface area contributed by atoms with Crippen LogP contribution in [-0.2, 0) is 20.5 Å². The molecule has 214 valence electrons. The Hall–Kier alpha value is -2.31. The lowest BCUT2D eigenvalue weighted by Gasteiger charge is -2.64. The van der Waals surface area contributed by atoms with Crippen molar-refractivity contribution in [1.29, 1.82) is 0 Å². The first-order valence-corrected chi connectivity index (χ1v) is 14.6. The average molecular weight is 546 g/mol. The molecule has 7 heteroatoms. The van der Waals surface area contributed by atoms with Crippen molar-refractivity contribution in [2.45, 2.75) is 91.7 Å². The smallest absolute Gasteiger partial charge is 0.416 e. The Labute approximate surface area is 230 Å². The van der Waals surface area contributed by atoms with E-state index in [4.69, 9.17) is 9.57 Å². The molecule has 0 unspecified atom stereocenters. The lowest BCUT2D eigenvalue weighted by atomic mass is 9.40. The van der Waals surface area contributed by atoms with E-state index in [1.165, 1.54) is 12.5 Å². The van der Waals surface area contributed by atoms with E-state index in [-0.39, 0.29) is 28.8 Å². The molecule has 4 saturated carbocycles. The number of hydrogen-bond acceptors (Lipinski definition) is 4. The molecule has 4 aliphatic rings. The highest BCUT2D eigenvalue weighted by atomic mass is 19.4. The van der Waals surface area contributed by atoms with Gasteiger partial charge in [0.1, 0.15) is 6.61 Å². The van der Waals surface area contributed by atoms with Crippen molar-refractivity contribution < 1.29 is 27.5 Å². The first-order chi connectivity index (χ1) is 18.4. The summed E-state index contributed by atoms with van der Waals surface area (Å²) in [6, 6.07) is 5.27. The second kappa shape index (κ2) is 9.95. The summed E-state index contributed by atoms with van der Waals surface area (Å²) >= 11 is 0. The van der Waals surface area contributed by atoms with Crippen molar-refractivity contribution in [1.82, 2.24) is 0 Å². The highest BCUT2D eigenvalue weighted by Gasteiger charge is 2.67. The molecule has 0 heterocycles. The number of esters is 1. The first-order valence-electron chi connectivity index (χ1n) is 14.6. The van der Waals surface area contributed by atoms with Crippen LogP contribution in [0, 0.1) is 33.5 Å². The van der Waals surface area contributed by atoms with Crippen LogP contribution in [0.5, 0.6) is 0 Å². The van der Waals surface area contributed by atoms with Crippen molar-refractivity contribution in [3.8, 4) is 0 Å². The molecule has 0 N–H and O–H groups in total. The van der Waals surface area contributed by atoms with Gasteiger partial charge in [-0.2, -0.15) is 13.2 Å². The predicted octanol–water partition coefficient (Wildman–Crippen LogP) is 8.46. The molecule has 0 aliphatic heterocycles. The van der Waals surface area contributed by atoms with Crippen molar-refractivity contribution in [3.05, 3.63) is 41.5 Å². The third kappa shape index (κ3) is 4.82. The van der Waals surface area contributed by atoms with Crippen LogP contribution in [0.4, 0.5) is 13.2 Å². The molecule has 0 amide bonds. The molecule has 39 heavy (non-hydrogen) atoms. The van der Waals surface area contributed by atoms with E-state index in [1.807, 2.05) is 6.92 Å². The fraction of sp³-hybridized carbons (Fsp3) is 0.688. The van der Waals surface area contributed by atoms with E-state index in [9.17, 15) is 18.0 Å². The summed E-state index contributed by atoms with van der Waals surface area (Å²) in [5.74, 6) is 0.883. The lowest BCUT2D eigenvalue weighted by Crippen LogP contribution is -2.58. The molecule has 4 fully saturated rings. The Kier molecular flexibility index (Phi) is 7.20. The van der Waals surface area contributed by atoms with Crippen LogP contribution >= 0.6 is 0 Å². The Morgan fingerprint density at radius 3 is 2.62 bits per heavy atom. The zero-order valence-electron chi connectivity index (χ0n) is 23.7. The molecule has 1 aromatic rings. The molecule has 1 spiro atoms. The minimum absolute atomic E-state index is 0.0159. The molecule has 0 saturated heterocycles. The Bertz CT molecular complexity index is 1160. The zero-order valence-corrected chi connectivity index (χ0v) is 23.7. The molecular formula is C32H42F3NO3. The quantitative estimate of drug-likeness (QED) is 0.205. The number of carbonyl (C=O) groups excluding carboxylic acids is 1. The minimum Gasteiger partial charge on any atom is -0.466 e. The normalized spacial score (nSPS) is 38.9. The summed E-state index contributed by atoms with van der Waals surface area (Å²) < 4.78 is 44.5. The maximum atomic E-state index is 13.1. The zero-order chi connectivity index (χ0) is 28.1. The highest BCUT2D eigenvalue weighted by molar-refractivity contribution is 5.93. The fourth-order valence-electron chi connectivity index (χ4n) is 9.37. The third-order valence-electron chi connectivity index (χ3n) is 11.0. The summed E-state index contributed by atoms with van der Waals surface area (Å²) in [5.41, 5.74) is 0.876. The number of alkyl halides is 3. The van der Waals surface area contributed by atoms with E-state index in [0.717, 1.165) is 69.2 Å². The highest BCUT2D eigenvalue weighted by Crippen LogP contribution is 2.73. The largest absolute Gasteiger partial charge is 0.466 e. The molecule has 2 bridgehead atoms. The maximum Gasteiger partial charge on any atom is 0.416 e. The third-order valence-corrected chi connectivity index (χ3v) is 11.0. The second-order valence-corrected chi connectivity index (χ2v) is 13.3. The van der Waals surface area contributed by atoms with Gasteiger partial charge in [0, 0.05) is 5.41 Å². The van der Waals surface area contributed by atoms with Crippen LogP contribution in [0.2, 0.25) is 0 Å². The number of rotatable bonds is 6. The van der Waals surface area contributed by atoms with Gasteiger partial charge in [-0.25, -0.2) is 0 Å². The number of benzene rings is 1. The summed E-state index contributed by atoms with van der Waals surface area (Å²) in [5, 5.41) is 4.63. The Morgan fingerprint density at radius 2 is 1.87 bits per heavy atom. The van der Waals surface area contributed by atoms with E-state index in [0.29, 0.717) is 24.0 Å². The minimum atomic E-state index is -4.36. The van der Waals surface area contributed by atoms with Gasteiger partial charge in [-0.15, -0.1) is 0 Å². The SMILES string of the molecule is CCOC(=O)[C@]1(C)CCC[C@@]2(C)[C@@H]3CC[C@@]4(C)C[C@]3(CC[C@@H]21)C/C4=N\OC/C=C/c1cccc(C(F)(F)F)c1. The van der Waals surface area contributed by atoms with Gasteiger partial charge in [0.25, 0.3) is 0 Å². The monoisotopic (exact) mass is 545 g/mol. The summed E-state index contributed by atoms with van der Waals surface area (Å²) in [7, 11) is 0. The summed E-state index contributed by atoms with van der Waals surface area (Å²) in [4.78, 5) is 18.9. The van der Waals surface area contributed by atoms with E-state index >= 15 is 0 Å². The molecule has 4 aliphatic carbocycles. The van der Waals surface area contributed by atoms with Gasteiger partial charge in [-0.05, 0) is 112 Å². The summed E-state index contributed by atoms with van der Waals surface area (Å²) in [6.07, 6.45) is 8.57. The van der Waals surface area contributed by atoms with Gasteiger partial charge in [0.2, 0.25) is 0 Å². The second-order valence-electron chi connectivity index (χ2n) is 13.3. The predicted molar refractivity (Wildman–Crippen MR) is 146 cm³/mol. The fourth-order valence-corrected chi connectivity index (χ4v) is 9.37. The molecule has 6 atom stereocenters. The summed E-state index contributed by atoms with van der Waals surface area (Å²) in [6.45, 7) is 9.45. The van der Waals surface area contributed by atoms with Gasteiger partial charge >= 0.3 is 12.1 Å².